The molecule has 3 aliphatic rings. The number of nitrogens with zero attached hydrogens (tertiary/aromatic N) is 2. The van der Waals surface area contributed by atoms with E-state index in [0.717, 1.165) is 25.0 Å². The molecule has 2 aliphatic carbocycles. The van der Waals surface area contributed by atoms with E-state index in [1.54, 1.807) is 0 Å². The summed E-state index contributed by atoms with van der Waals surface area (Å²) in [4.78, 5) is 7.01. The van der Waals surface area contributed by atoms with Crippen molar-refractivity contribution in [3.05, 3.63) is 35.4 Å². The lowest BCUT2D eigenvalue weighted by Crippen LogP contribution is -2.51. The van der Waals surface area contributed by atoms with Gasteiger partial charge in [-0.25, -0.2) is 0 Å². The highest BCUT2D eigenvalue weighted by Crippen LogP contribution is 2.44. The lowest BCUT2D eigenvalue weighted by atomic mass is 9.75. The molecule has 1 spiro atoms. The van der Waals surface area contributed by atoms with Gasteiger partial charge >= 0.3 is 0 Å². The van der Waals surface area contributed by atoms with E-state index in [0.29, 0.717) is 0 Å². The van der Waals surface area contributed by atoms with Crippen LogP contribution in [0.5, 0.6) is 0 Å². The van der Waals surface area contributed by atoms with Crippen LogP contribution in [0.2, 0.25) is 0 Å². The number of hydrogen-bond donors (Lipinski definition) is 1. The Morgan fingerprint density at radius 3 is 3.00 bits per heavy atom. The monoisotopic (exact) mass is 255 g/mol. The van der Waals surface area contributed by atoms with Gasteiger partial charge in [0.05, 0.1) is 12.1 Å². The van der Waals surface area contributed by atoms with Crippen molar-refractivity contribution < 1.29 is 0 Å². The lowest BCUT2D eigenvalue weighted by Gasteiger charge is -2.43. The summed E-state index contributed by atoms with van der Waals surface area (Å²) in [6, 6.07) is 8.89. The first kappa shape index (κ1) is 11.3. The van der Waals surface area contributed by atoms with E-state index in [-0.39, 0.29) is 5.54 Å². The summed E-state index contributed by atoms with van der Waals surface area (Å²) >= 11 is 0. The van der Waals surface area contributed by atoms with E-state index in [1.807, 2.05) is 0 Å². The fourth-order valence-electron chi connectivity index (χ4n) is 3.77. The predicted octanol–water partition coefficient (Wildman–Crippen LogP) is 2.26. The molecule has 1 aliphatic heterocycles. The highest BCUT2D eigenvalue weighted by atomic mass is 15.4. The highest BCUT2D eigenvalue weighted by Gasteiger charge is 2.47. The molecule has 4 rings (SSSR count). The summed E-state index contributed by atoms with van der Waals surface area (Å²) in [5.41, 5.74) is 9.24. The van der Waals surface area contributed by atoms with Gasteiger partial charge in [0.1, 0.15) is 0 Å². The zero-order valence-corrected chi connectivity index (χ0v) is 11.3. The second-order valence-corrected chi connectivity index (χ2v) is 6.27. The SMILES string of the molecule is NC1=NCC2(CCCc3ccccc32)N1CC1CC1. The number of hydrogen-bond acceptors (Lipinski definition) is 3. The Bertz CT molecular complexity index is 533. The van der Waals surface area contributed by atoms with Gasteiger partial charge in [0.15, 0.2) is 5.96 Å². The molecule has 1 aromatic carbocycles. The number of rotatable bonds is 2. The van der Waals surface area contributed by atoms with Crippen LogP contribution in [0.25, 0.3) is 0 Å². The van der Waals surface area contributed by atoms with Gasteiger partial charge in [-0.3, -0.25) is 4.99 Å². The maximum atomic E-state index is 6.19. The van der Waals surface area contributed by atoms with E-state index in [2.05, 4.69) is 34.2 Å². The summed E-state index contributed by atoms with van der Waals surface area (Å²) in [7, 11) is 0. The minimum absolute atomic E-state index is 0.0709. The molecule has 3 heteroatoms. The molecule has 1 aromatic rings. The molecule has 1 heterocycles. The van der Waals surface area contributed by atoms with Crippen LogP contribution in [-0.4, -0.2) is 23.9 Å². The molecular weight excluding hydrogens is 234 g/mol. The number of benzene rings is 1. The quantitative estimate of drug-likeness (QED) is 0.880. The molecule has 0 saturated heterocycles. The topological polar surface area (TPSA) is 41.6 Å². The van der Waals surface area contributed by atoms with Gasteiger partial charge in [0.25, 0.3) is 0 Å². The smallest absolute Gasteiger partial charge is 0.192 e. The van der Waals surface area contributed by atoms with Crippen LogP contribution in [0, 0.1) is 5.92 Å². The van der Waals surface area contributed by atoms with Gasteiger partial charge in [-0.05, 0) is 49.1 Å². The standard InChI is InChI=1S/C16H21N3/c17-15-18-11-16(19(15)10-12-7-8-12)9-3-5-13-4-1-2-6-14(13)16/h1-2,4,6,12H,3,5,7-11H2,(H2,17,18). The van der Waals surface area contributed by atoms with E-state index >= 15 is 0 Å². The Hall–Kier alpha value is -1.51. The van der Waals surface area contributed by atoms with Gasteiger partial charge in [-0.15, -0.1) is 0 Å². The van der Waals surface area contributed by atoms with E-state index in [4.69, 9.17) is 5.73 Å². The Balaban J connectivity index is 1.76. The zero-order valence-electron chi connectivity index (χ0n) is 11.3. The van der Waals surface area contributed by atoms with Crippen molar-refractivity contribution >= 4 is 5.96 Å². The van der Waals surface area contributed by atoms with Gasteiger partial charge < -0.3 is 10.6 Å². The zero-order chi connectivity index (χ0) is 12.9. The third-order valence-corrected chi connectivity index (χ3v) is 4.99. The van der Waals surface area contributed by atoms with Crippen LogP contribution in [0.1, 0.15) is 36.8 Å². The van der Waals surface area contributed by atoms with Crippen molar-refractivity contribution in [2.75, 3.05) is 13.1 Å². The van der Waals surface area contributed by atoms with Gasteiger partial charge in [-0.1, -0.05) is 24.3 Å². The number of fused-ring (bicyclic) bond motifs is 2. The van der Waals surface area contributed by atoms with Gasteiger partial charge in [0.2, 0.25) is 0 Å². The Kier molecular flexibility index (Phi) is 2.38. The van der Waals surface area contributed by atoms with Gasteiger partial charge in [0, 0.05) is 6.54 Å². The van der Waals surface area contributed by atoms with E-state index in [9.17, 15) is 0 Å². The van der Waals surface area contributed by atoms with Crippen LogP contribution in [0.15, 0.2) is 29.3 Å². The maximum absolute atomic E-state index is 6.19. The van der Waals surface area contributed by atoms with Crippen molar-refractivity contribution in [2.45, 2.75) is 37.6 Å². The van der Waals surface area contributed by atoms with Crippen molar-refractivity contribution in [2.24, 2.45) is 16.6 Å². The third kappa shape index (κ3) is 1.67. The Morgan fingerprint density at radius 2 is 2.16 bits per heavy atom. The van der Waals surface area contributed by atoms with Crippen molar-refractivity contribution in [3.8, 4) is 0 Å². The first-order valence-corrected chi connectivity index (χ1v) is 7.45. The summed E-state index contributed by atoms with van der Waals surface area (Å²) < 4.78 is 0. The van der Waals surface area contributed by atoms with E-state index < -0.39 is 0 Å². The Morgan fingerprint density at radius 1 is 1.32 bits per heavy atom. The molecule has 0 amide bonds. The second-order valence-electron chi connectivity index (χ2n) is 6.27. The largest absolute Gasteiger partial charge is 0.370 e. The molecule has 19 heavy (non-hydrogen) atoms. The summed E-state index contributed by atoms with van der Waals surface area (Å²) in [6.07, 6.45) is 6.38. The molecule has 1 saturated carbocycles. The molecule has 1 unspecified atom stereocenters. The van der Waals surface area contributed by atoms with Crippen LogP contribution in [0.3, 0.4) is 0 Å². The van der Waals surface area contributed by atoms with Crippen LogP contribution < -0.4 is 5.73 Å². The number of aryl methyl sites for hydroxylation is 1. The number of aliphatic imine (C=N–C) groups is 1. The number of guanidine groups is 1. The van der Waals surface area contributed by atoms with Crippen molar-refractivity contribution in [3.63, 3.8) is 0 Å². The summed E-state index contributed by atoms with van der Waals surface area (Å²) in [6.45, 7) is 1.95. The molecule has 3 nitrogen and oxygen atoms in total. The highest BCUT2D eigenvalue weighted by molar-refractivity contribution is 5.81. The van der Waals surface area contributed by atoms with Crippen molar-refractivity contribution in [1.82, 2.24) is 4.90 Å². The van der Waals surface area contributed by atoms with Crippen LogP contribution >= 0.6 is 0 Å². The average molecular weight is 255 g/mol. The van der Waals surface area contributed by atoms with Crippen LogP contribution in [0.4, 0.5) is 0 Å². The minimum atomic E-state index is 0.0709. The first-order valence-electron chi connectivity index (χ1n) is 7.45. The molecule has 100 valence electrons. The Labute approximate surface area is 114 Å². The normalized spacial score (nSPS) is 29.5. The van der Waals surface area contributed by atoms with Crippen LogP contribution in [-0.2, 0) is 12.0 Å². The summed E-state index contributed by atoms with van der Waals surface area (Å²) in [5, 5.41) is 0. The number of nitrogens with two attached hydrogens (primary N) is 1. The molecule has 0 bridgehead atoms. The molecule has 2 N–H and O–H groups in total. The molecule has 0 aromatic heterocycles. The first-order chi connectivity index (χ1) is 9.29. The lowest BCUT2D eigenvalue weighted by molar-refractivity contribution is 0.167. The molecule has 1 atom stereocenters. The fraction of sp³-hybridized carbons (Fsp3) is 0.562. The fourth-order valence-corrected chi connectivity index (χ4v) is 3.77. The maximum Gasteiger partial charge on any atom is 0.192 e. The van der Waals surface area contributed by atoms with Crippen molar-refractivity contribution in [1.29, 1.82) is 0 Å². The average Bonchev–Trinajstić information content (AvgIpc) is 3.21. The molecular formula is C16H21N3. The predicted molar refractivity (Wildman–Crippen MR) is 77.0 cm³/mol. The molecule has 1 fully saturated rings. The minimum Gasteiger partial charge on any atom is -0.370 e. The third-order valence-electron chi connectivity index (χ3n) is 4.99. The van der Waals surface area contributed by atoms with E-state index in [1.165, 1.54) is 43.2 Å². The van der Waals surface area contributed by atoms with Gasteiger partial charge in [-0.2, -0.15) is 0 Å². The second kappa shape index (κ2) is 3.99. The molecule has 0 radical (unpaired) electrons. The summed E-state index contributed by atoms with van der Waals surface area (Å²) in [5.74, 6) is 1.61.